The molecular weight excluding hydrogens is 388 g/mol. The predicted molar refractivity (Wildman–Crippen MR) is 100 cm³/mol. The summed E-state index contributed by atoms with van der Waals surface area (Å²) < 4.78 is 51.4. The third-order valence-corrected chi connectivity index (χ3v) is 4.61. The number of nitrogens with zero attached hydrogens (tertiary/aromatic N) is 1. The van der Waals surface area contributed by atoms with Gasteiger partial charge in [-0.15, -0.1) is 0 Å². The van der Waals surface area contributed by atoms with E-state index in [0.717, 1.165) is 30.7 Å². The summed E-state index contributed by atoms with van der Waals surface area (Å²) in [6, 6.07) is 9.30. The van der Waals surface area contributed by atoms with Crippen LogP contribution in [-0.2, 0) is 6.18 Å². The number of rotatable bonds is 4. The Hall–Kier alpha value is -3.36. The van der Waals surface area contributed by atoms with E-state index in [1.165, 1.54) is 36.4 Å². The van der Waals surface area contributed by atoms with Crippen LogP contribution in [0.4, 0.5) is 33.7 Å². The van der Waals surface area contributed by atoms with Crippen LogP contribution in [0, 0.1) is 5.82 Å². The normalized spacial score (nSPS) is 13.9. The number of halogens is 4. The molecular formula is C20H16F4N4O. The van der Waals surface area contributed by atoms with Gasteiger partial charge in [0.05, 0.1) is 16.9 Å². The van der Waals surface area contributed by atoms with Crippen LogP contribution in [0.5, 0.6) is 0 Å². The Morgan fingerprint density at radius 3 is 2.24 bits per heavy atom. The van der Waals surface area contributed by atoms with Crippen molar-refractivity contribution >= 4 is 17.4 Å². The van der Waals surface area contributed by atoms with Crippen LogP contribution in [0.2, 0.25) is 0 Å². The summed E-state index contributed by atoms with van der Waals surface area (Å²) >= 11 is 0. The fourth-order valence-corrected chi connectivity index (χ4v) is 2.98. The number of nitrogens with one attached hydrogen (secondary N) is 3. The first-order chi connectivity index (χ1) is 13.8. The molecule has 1 aromatic heterocycles. The molecule has 2 aromatic carbocycles. The van der Waals surface area contributed by atoms with Crippen molar-refractivity contribution < 1.29 is 22.4 Å². The minimum Gasteiger partial charge on any atom is -0.308 e. The SMILES string of the molecule is O=C(Nc1ccc(F)cc1)Nc1c(-c2ccc(C(F)(F)F)cc2)n[nH]c1C1CC1. The lowest BCUT2D eigenvalue weighted by Gasteiger charge is -2.11. The van der Waals surface area contributed by atoms with Gasteiger partial charge in [-0.25, -0.2) is 9.18 Å². The third kappa shape index (κ3) is 4.23. The fraction of sp³-hybridized carbons (Fsp3) is 0.200. The van der Waals surface area contributed by atoms with Crippen LogP contribution in [-0.4, -0.2) is 16.2 Å². The highest BCUT2D eigenvalue weighted by molar-refractivity contribution is 6.02. The highest BCUT2D eigenvalue weighted by Gasteiger charge is 2.32. The van der Waals surface area contributed by atoms with Crippen molar-refractivity contribution in [3.05, 3.63) is 65.6 Å². The zero-order chi connectivity index (χ0) is 20.6. The minimum absolute atomic E-state index is 0.215. The van der Waals surface area contributed by atoms with Gasteiger partial charge in [0.1, 0.15) is 11.5 Å². The number of aromatic nitrogens is 2. The Balaban J connectivity index is 1.59. The maximum atomic E-state index is 13.0. The molecule has 4 rings (SSSR count). The maximum Gasteiger partial charge on any atom is 0.416 e. The molecule has 29 heavy (non-hydrogen) atoms. The molecule has 0 aliphatic heterocycles. The molecule has 0 unspecified atom stereocenters. The van der Waals surface area contributed by atoms with Gasteiger partial charge in [0, 0.05) is 17.2 Å². The van der Waals surface area contributed by atoms with Gasteiger partial charge >= 0.3 is 12.2 Å². The molecule has 150 valence electrons. The van der Waals surface area contributed by atoms with Crippen LogP contribution in [0.15, 0.2) is 48.5 Å². The number of amides is 2. The van der Waals surface area contributed by atoms with Gasteiger partial charge in [-0.1, -0.05) is 12.1 Å². The van der Waals surface area contributed by atoms with E-state index in [0.29, 0.717) is 22.6 Å². The summed E-state index contributed by atoms with van der Waals surface area (Å²) in [5, 5.41) is 12.4. The van der Waals surface area contributed by atoms with Crippen molar-refractivity contribution in [3.63, 3.8) is 0 Å². The average Bonchev–Trinajstić information content (AvgIpc) is 3.44. The van der Waals surface area contributed by atoms with Crippen LogP contribution in [0.1, 0.15) is 30.0 Å². The van der Waals surface area contributed by atoms with E-state index in [-0.39, 0.29) is 5.92 Å². The summed E-state index contributed by atoms with van der Waals surface area (Å²) in [6.07, 6.45) is -2.56. The topological polar surface area (TPSA) is 69.8 Å². The van der Waals surface area contributed by atoms with Gasteiger partial charge in [-0.3, -0.25) is 5.10 Å². The van der Waals surface area contributed by atoms with E-state index >= 15 is 0 Å². The van der Waals surface area contributed by atoms with Crippen molar-refractivity contribution in [2.75, 3.05) is 10.6 Å². The number of alkyl halides is 3. The largest absolute Gasteiger partial charge is 0.416 e. The second-order valence-corrected chi connectivity index (χ2v) is 6.80. The Labute approximate surface area is 163 Å². The first-order valence-electron chi connectivity index (χ1n) is 8.91. The zero-order valence-electron chi connectivity index (χ0n) is 15.0. The van der Waals surface area contributed by atoms with Crippen molar-refractivity contribution in [2.45, 2.75) is 24.9 Å². The molecule has 3 N–H and O–H groups in total. The molecule has 3 aromatic rings. The summed E-state index contributed by atoms with van der Waals surface area (Å²) in [4.78, 5) is 12.4. The molecule has 1 aliphatic carbocycles. The highest BCUT2D eigenvalue weighted by atomic mass is 19.4. The van der Waals surface area contributed by atoms with Crippen molar-refractivity contribution in [3.8, 4) is 11.3 Å². The van der Waals surface area contributed by atoms with Crippen LogP contribution in [0.25, 0.3) is 11.3 Å². The van der Waals surface area contributed by atoms with Gasteiger partial charge < -0.3 is 10.6 Å². The molecule has 0 bridgehead atoms. The Morgan fingerprint density at radius 1 is 1.00 bits per heavy atom. The summed E-state index contributed by atoms with van der Waals surface area (Å²) in [5.41, 5.74) is 1.59. The fourth-order valence-electron chi connectivity index (χ4n) is 2.98. The van der Waals surface area contributed by atoms with E-state index < -0.39 is 23.6 Å². The number of benzene rings is 2. The molecule has 9 heteroatoms. The quantitative estimate of drug-likeness (QED) is 0.484. The molecule has 0 atom stereocenters. The van der Waals surface area contributed by atoms with Crippen LogP contribution >= 0.6 is 0 Å². The second-order valence-electron chi connectivity index (χ2n) is 6.80. The van der Waals surface area contributed by atoms with Gasteiger partial charge in [0.15, 0.2) is 0 Å². The number of aromatic amines is 1. The number of carbonyl (C=O) groups excluding carboxylic acids is 1. The molecule has 5 nitrogen and oxygen atoms in total. The van der Waals surface area contributed by atoms with E-state index in [2.05, 4.69) is 20.8 Å². The number of H-pyrrole nitrogens is 1. The highest BCUT2D eigenvalue weighted by Crippen LogP contribution is 2.45. The Kier molecular flexibility index (Phi) is 4.73. The molecule has 1 fully saturated rings. The average molecular weight is 404 g/mol. The first-order valence-corrected chi connectivity index (χ1v) is 8.91. The third-order valence-electron chi connectivity index (χ3n) is 4.61. The number of hydrogen-bond acceptors (Lipinski definition) is 2. The maximum absolute atomic E-state index is 13.0. The molecule has 1 aliphatic rings. The number of hydrogen-bond donors (Lipinski definition) is 3. The zero-order valence-corrected chi connectivity index (χ0v) is 15.0. The summed E-state index contributed by atoms with van der Waals surface area (Å²) in [5.74, 6) is -0.210. The lowest BCUT2D eigenvalue weighted by molar-refractivity contribution is -0.137. The van der Waals surface area contributed by atoms with Gasteiger partial charge in [0.25, 0.3) is 0 Å². The van der Waals surface area contributed by atoms with Crippen molar-refractivity contribution in [2.24, 2.45) is 0 Å². The van der Waals surface area contributed by atoms with Crippen molar-refractivity contribution in [1.29, 1.82) is 0 Å². The van der Waals surface area contributed by atoms with E-state index in [1.807, 2.05) is 0 Å². The minimum atomic E-state index is -4.43. The molecule has 0 saturated heterocycles. The summed E-state index contributed by atoms with van der Waals surface area (Å²) in [7, 11) is 0. The lowest BCUT2D eigenvalue weighted by Crippen LogP contribution is -2.20. The monoisotopic (exact) mass is 404 g/mol. The van der Waals surface area contributed by atoms with E-state index in [1.54, 1.807) is 0 Å². The second kappa shape index (κ2) is 7.23. The molecule has 2 amide bonds. The van der Waals surface area contributed by atoms with Crippen LogP contribution in [0.3, 0.4) is 0 Å². The number of carbonyl (C=O) groups is 1. The Morgan fingerprint density at radius 2 is 1.66 bits per heavy atom. The predicted octanol–water partition coefficient (Wildman–Crippen LogP) is 5.76. The first kappa shape index (κ1) is 19.0. The summed E-state index contributed by atoms with van der Waals surface area (Å²) in [6.45, 7) is 0. The van der Waals surface area contributed by atoms with E-state index in [4.69, 9.17) is 0 Å². The molecule has 0 radical (unpaired) electrons. The van der Waals surface area contributed by atoms with Gasteiger partial charge in [-0.05, 0) is 49.2 Å². The van der Waals surface area contributed by atoms with Crippen LogP contribution < -0.4 is 10.6 Å². The Bertz CT molecular complexity index is 1020. The number of urea groups is 1. The van der Waals surface area contributed by atoms with Gasteiger partial charge in [-0.2, -0.15) is 18.3 Å². The van der Waals surface area contributed by atoms with Gasteiger partial charge in [0.2, 0.25) is 0 Å². The van der Waals surface area contributed by atoms with Crippen molar-refractivity contribution in [1.82, 2.24) is 10.2 Å². The molecule has 1 saturated carbocycles. The standard InChI is InChI=1S/C20H16F4N4O/c21-14-7-9-15(10-8-14)25-19(29)26-18-16(11-1-2-11)27-28-17(18)12-3-5-13(6-4-12)20(22,23)24/h3-11H,1-2H2,(H,27,28)(H2,25,26,29). The van der Waals surface area contributed by atoms with E-state index in [9.17, 15) is 22.4 Å². The number of anilines is 2. The molecule has 1 heterocycles. The molecule has 0 spiro atoms. The smallest absolute Gasteiger partial charge is 0.308 e. The lowest BCUT2D eigenvalue weighted by atomic mass is 10.1.